The van der Waals surface area contributed by atoms with Crippen LogP contribution in [-0.4, -0.2) is 72.1 Å². The second-order valence-corrected chi connectivity index (χ2v) is 10.6. The molecule has 196 valence electrons. The number of halogens is 2. The number of carbonyl (C=O) groups is 1. The van der Waals surface area contributed by atoms with Gasteiger partial charge in [-0.2, -0.15) is 0 Å². The van der Waals surface area contributed by atoms with Crippen LogP contribution in [0.2, 0.25) is 5.02 Å². The molecule has 1 atom stereocenters. The van der Waals surface area contributed by atoms with Crippen molar-refractivity contribution in [2.24, 2.45) is 7.05 Å². The number of amides is 1. The van der Waals surface area contributed by atoms with Crippen LogP contribution >= 0.6 is 11.6 Å². The topological polar surface area (TPSA) is 35.0 Å². The van der Waals surface area contributed by atoms with E-state index in [1.807, 2.05) is 34.7 Å². The molecule has 3 aromatic rings. The minimum Gasteiger partial charge on any atom is -0.368 e. The molecule has 2 aliphatic rings. The smallest absolute Gasteiger partial charge is 0.270 e. The average molecular weight is 524 g/mol. The number of aromatic nitrogens is 1. The van der Waals surface area contributed by atoms with Crippen molar-refractivity contribution in [2.75, 3.05) is 55.6 Å². The first-order valence-electron chi connectivity index (χ1n) is 13.0. The number of anilines is 2. The third-order valence-corrected chi connectivity index (χ3v) is 8.22. The number of para-hydroxylation sites is 1. The molecule has 2 aliphatic heterocycles. The van der Waals surface area contributed by atoms with Crippen molar-refractivity contribution in [1.29, 1.82) is 0 Å². The highest BCUT2D eigenvalue weighted by molar-refractivity contribution is 6.33. The summed E-state index contributed by atoms with van der Waals surface area (Å²) >= 11 is 6.40. The summed E-state index contributed by atoms with van der Waals surface area (Å²) in [6.45, 7) is 10.9. The Balaban J connectivity index is 1.22. The molecule has 2 aromatic carbocycles. The molecule has 0 radical (unpaired) electrons. The highest BCUT2D eigenvalue weighted by Gasteiger charge is 2.30. The van der Waals surface area contributed by atoms with Crippen LogP contribution in [0, 0.1) is 12.7 Å². The summed E-state index contributed by atoms with van der Waals surface area (Å²) in [6.07, 6.45) is 0. The van der Waals surface area contributed by atoms with Gasteiger partial charge in [0.05, 0.1) is 10.7 Å². The van der Waals surface area contributed by atoms with E-state index >= 15 is 0 Å². The maximum Gasteiger partial charge on any atom is 0.270 e. The number of rotatable bonds is 5. The van der Waals surface area contributed by atoms with Crippen molar-refractivity contribution < 1.29 is 9.18 Å². The van der Waals surface area contributed by atoms with E-state index in [-0.39, 0.29) is 17.8 Å². The molecule has 3 heterocycles. The van der Waals surface area contributed by atoms with Crippen molar-refractivity contribution in [3.8, 4) is 0 Å². The van der Waals surface area contributed by atoms with Gasteiger partial charge in [0, 0.05) is 76.8 Å². The first-order valence-corrected chi connectivity index (χ1v) is 13.4. The van der Waals surface area contributed by atoms with Crippen LogP contribution in [0.25, 0.3) is 0 Å². The van der Waals surface area contributed by atoms with Gasteiger partial charge in [-0.05, 0) is 61.9 Å². The molecule has 1 amide bonds. The normalized spacial score (nSPS) is 18.9. The number of piperazine rings is 2. The molecule has 0 saturated carbocycles. The van der Waals surface area contributed by atoms with E-state index in [1.165, 1.54) is 17.7 Å². The number of hydrogen-bond donors (Lipinski definition) is 0. The van der Waals surface area contributed by atoms with Gasteiger partial charge in [0.1, 0.15) is 11.5 Å². The molecule has 0 unspecified atom stereocenters. The maximum atomic E-state index is 13.6. The fourth-order valence-corrected chi connectivity index (χ4v) is 5.77. The van der Waals surface area contributed by atoms with Gasteiger partial charge in [-0.3, -0.25) is 9.69 Å². The highest BCUT2D eigenvalue weighted by Crippen LogP contribution is 2.27. The highest BCUT2D eigenvalue weighted by atomic mass is 35.5. The lowest BCUT2D eigenvalue weighted by Gasteiger charge is -2.41. The average Bonchev–Trinajstić information content (AvgIpc) is 3.18. The fraction of sp³-hybridized carbons (Fsp3) is 0.414. The van der Waals surface area contributed by atoms with E-state index < -0.39 is 0 Å². The summed E-state index contributed by atoms with van der Waals surface area (Å²) in [5.41, 5.74) is 5.17. The minimum atomic E-state index is -0.233. The first-order chi connectivity index (χ1) is 17.8. The van der Waals surface area contributed by atoms with E-state index in [0.717, 1.165) is 73.6 Å². The lowest BCUT2D eigenvalue weighted by molar-refractivity contribution is 0.0664. The van der Waals surface area contributed by atoms with Gasteiger partial charge < -0.3 is 19.3 Å². The summed E-state index contributed by atoms with van der Waals surface area (Å²) in [7, 11) is 1.99. The fourth-order valence-electron chi connectivity index (χ4n) is 5.52. The van der Waals surface area contributed by atoms with Gasteiger partial charge >= 0.3 is 0 Å². The number of carbonyl (C=O) groups excluding carboxylic acids is 1. The molecule has 1 aromatic heterocycles. The molecule has 37 heavy (non-hydrogen) atoms. The Kier molecular flexibility index (Phi) is 7.45. The second-order valence-electron chi connectivity index (χ2n) is 10.2. The van der Waals surface area contributed by atoms with E-state index in [2.05, 4.69) is 40.7 Å². The molecule has 0 aliphatic carbocycles. The molecule has 2 fully saturated rings. The third-order valence-electron chi connectivity index (χ3n) is 7.90. The second kappa shape index (κ2) is 10.8. The SMILES string of the molecule is Cc1c(CN2CCN(c3ccccc3Cl)CC2)cc(C(=O)N2CCN(c3ccc(F)cc3)C[C@@H]2C)n1C. The van der Waals surface area contributed by atoms with E-state index in [0.29, 0.717) is 6.54 Å². The largest absolute Gasteiger partial charge is 0.368 e. The van der Waals surface area contributed by atoms with Crippen LogP contribution in [0.4, 0.5) is 15.8 Å². The van der Waals surface area contributed by atoms with Crippen LogP contribution in [-0.2, 0) is 13.6 Å². The Hall–Kier alpha value is -3.03. The Morgan fingerprint density at radius 1 is 0.973 bits per heavy atom. The zero-order valence-corrected chi connectivity index (χ0v) is 22.6. The first kappa shape index (κ1) is 25.6. The Morgan fingerprint density at radius 2 is 1.65 bits per heavy atom. The van der Waals surface area contributed by atoms with Gasteiger partial charge in [-0.1, -0.05) is 23.7 Å². The number of benzene rings is 2. The zero-order chi connectivity index (χ0) is 26.1. The van der Waals surface area contributed by atoms with Crippen LogP contribution in [0.15, 0.2) is 54.6 Å². The molecule has 6 nitrogen and oxygen atoms in total. The minimum absolute atomic E-state index is 0.0582. The Morgan fingerprint density at radius 3 is 2.32 bits per heavy atom. The standard InChI is InChI=1S/C29H35ClFN5O/c1-21-19-35(25-10-8-24(31)9-11-25)16-17-36(21)29(37)28-18-23(22(2)32(28)3)20-33-12-14-34(15-13-33)27-7-5-4-6-26(27)30/h4-11,18,21H,12-17,19-20H2,1-3H3/t21-/m0/s1. The van der Waals surface area contributed by atoms with Crippen molar-refractivity contribution in [3.05, 3.63) is 82.4 Å². The molecule has 0 spiro atoms. The molecule has 5 rings (SSSR count). The maximum absolute atomic E-state index is 13.6. The van der Waals surface area contributed by atoms with Gasteiger partial charge in [-0.25, -0.2) is 4.39 Å². The zero-order valence-electron chi connectivity index (χ0n) is 21.8. The predicted molar refractivity (Wildman–Crippen MR) is 148 cm³/mol. The van der Waals surface area contributed by atoms with Crippen molar-refractivity contribution >= 4 is 28.9 Å². The number of hydrogen-bond acceptors (Lipinski definition) is 4. The quantitative estimate of drug-likeness (QED) is 0.481. The summed E-state index contributed by atoms with van der Waals surface area (Å²) in [4.78, 5) is 22.6. The van der Waals surface area contributed by atoms with Gasteiger partial charge in [0.2, 0.25) is 0 Å². The molecule has 0 N–H and O–H groups in total. The van der Waals surface area contributed by atoms with E-state index in [9.17, 15) is 9.18 Å². The van der Waals surface area contributed by atoms with Crippen LogP contribution in [0.3, 0.4) is 0 Å². The molecule has 0 bridgehead atoms. The lowest BCUT2D eigenvalue weighted by Crippen LogP contribution is -2.54. The molecular weight excluding hydrogens is 489 g/mol. The van der Waals surface area contributed by atoms with E-state index in [4.69, 9.17) is 11.6 Å². The summed E-state index contributed by atoms with van der Waals surface area (Å²) in [5.74, 6) is -0.158. The Labute approximate surface area is 223 Å². The van der Waals surface area contributed by atoms with Crippen molar-refractivity contribution in [1.82, 2.24) is 14.4 Å². The number of nitrogens with zero attached hydrogens (tertiary/aromatic N) is 5. The van der Waals surface area contributed by atoms with Gasteiger partial charge in [-0.15, -0.1) is 0 Å². The Bertz CT molecular complexity index is 1250. The van der Waals surface area contributed by atoms with E-state index in [1.54, 1.807) is 12.1 Å². The summed E-state index contributed by atoms with van der Waals surface area (Å²) < 4.78 is 15.4. The third kappa shape index (κ3) is 5.34. The van der Waals surface area contributed by atoms with Crippen LogP contribution in [0.1, 0.15) is 28.7 Å². The molecule has 2 saturated heterocycles. The summed E-state index contributed by atoms with van der Waals surface area (Å²) in [5, 5.41) is 0.797. The van der Waals surface area contributed by atoms with Crippen molar-refractivity contribution in [3.63, 3.8) is 0 Å². The van der Waals surface area contributed by atoms with Crippen LogP contribution < -0.4 is 9.80 Å². The van der Waals surface area contributed by atoms with Gasteiger partial charge in [0.15, 0.2) is 0 Å². The summed E-state index contributed by atoms with van der Waals surface area (Å²) in [6, 6.07) is 16.7. The van der Waals surface area contributed by atoms with Crippen molar-refractivity contribution in [2.45, 2.75) is 26.4 Å². The van der Waals surface area contributed by atoms with Crippen LogP contribution in [0.5, 0.6) is 0 Å². The molecule has 8 heteroatoms. The predicted octanol–water partition coefficient (Wildman–Crippen LogP) is 4.80. The monoisotopic (exact) mass is 523 g/mol. The molecular formula is C29H35ClFN5O. The lowest BCUT2D eigenvalue weighted by atomic mass is 10.1. The van der Waals surface area contributed by atoms with Gasteiger partial charge in [0.25, 0.3) is 5.91 Å².